The summed E-state index contributed by atoms with van der Waals surface area (Å²) < 4.78 is 5.88. The highest BCUT2D eigenvalue weighted by atomic mass is 16.5. The minimum Gasteiger partial charge on any atom is -0.489 e. The predicted molar refractivity (Wildman–Crippen MR) is 76.7 cm³/mol. The van der Waals surface area contributed by atoms with Crippen molar-refractivity contribution in [1.29, 1.82) is 0 Å². The number of ether oxygens (including phenoxy) is 1. The Hall–Kier alpha value is -2.29. The lowest BCUT2D eigenvalue weighted by molar-refractivity contribution is 0.0772. The van der Waals surface area contributed by atoms with Crippen molar-refractivity contribution in [3.8, 4) is 5.75 Å². The number of benzene rings is 2. The van der Waals surface area contributed by atoms with E-state index in [4.69, 9.17) is 4.74 Å². The van der Waals surface area contributed by atoms with Crippen molar-refractivity contribution >= 4 is 5.91 Å². The van der Waals surface area contributed by atoms with E-state index in [2.05, 4.69) is 6.07 Å². The second kappa shape index (κ2) is 5.78. The van der Waals surface area contributed by atoms with Crippen molar-refractivity contribution < 1.29 is 9.53 Å². The lowest BCUT2D eigenvalue weighted by Crippen LogP contribution is -2.30. The van der Waals surface area contributed by atoms with Gasteiger partial charge in [-0.25, -0.2) is 0 Å². The second-order valence-electron chi connectivity index (χ2n) is 4.88. The van der Waals surface area contributed by atoms with Gasteiger partial charge in [0.2, 0.25) is 0 Å². The van der Waals surface area contributed by atoms with Crippen LogP contribution in [0.4, 0.5) is 0 Å². The number of hydrogen-bond acceptors (Lipinski definition) is 2. The Morgan fingerprint density at radius 2 is 1.90 bits per heavy atom. The Bertz CT molecular complexity index is 568. The van der Waals surface area contributed by atoms with Gasteiger partial charge in [0, 0.05) is 18.5 Å². The molecule has 0 spiro atoms. The fraction of sp³-hybridized carbons (Fsp3) is 0.235. The van der Waals surface area contributed by atoms with Gasteiger partial charge in [0.25, 0.3) is 5.91 Å². The number of hydrogen-bond donors (Lipinski definition) is 0. The molecule has 1 saturated heterocycles. The van der Waals surface area contributed by atoms with Gasteiger partial charge in [-0.2, -0.15) is 0 Å². The van der Waals surface area contributed by atoms with Gasteiger partial charge in [-0.05, 0) is 30.3 Å². The molecule has 1 heterocycles. The average molecular weight is 266 g/mol. The number of nitrogens with zero attached hydrogens (tertiary/aromatic N) is 1. The fourth-order valence-corrected chi connectivity index (χ4v) is 2.41. The van der Waals surface area contributed by atoms with E-state index in [-0.39, 0.29) is 12.0 Å². The number of carbonyl (C=O) groups excluding carboxylic acids is 1. The van der Waals surface area contributed by atoms with Crippen molar-refractivity contribution in [1.82, 2.24) is 4.90 Å². The van der Waals surface area contributed by atoms with Crippen molar-refractivity contribution in [2.24, 2.45) is 0 Å². The highest BCUT2D eigenvalue weighted by Crippen LogP contribution is 2.19. The zero-order chi connectivity index (χ0) is 13.8. The maximum atomic E-state index is 12.3. The van der Waals surface area contributed by atoms with E-state index >= 15 is 0 Å². The number of rotatable bonds is 3. The van der Waals surface area contributed by atoms with Gasteiger partial charge in [-0.3, -0.25) is 4.79 Å². The van der Waals surface area contributed by atoms with Gasteiger partial charge >= 0.3 is 0 Å². The van der Waals surface area contributed by atoms with E-state index in [0.717, 1.165) is 24.3 Å². The van der Waals surface area contributed by atoms with E-state index in [1.807, 2.05) is 59.5 Å². The zero-order valence-corrected chi connectivity index (χ0v) is 11.2. The molecule has 0 unspecified atom stereocenters. The molecule has 1 aliphatic rings. The maximum Gasteiger partial charge on any atom is 0.253 e. The molecule has 1 amide bonds. The molecule has 1 aliphatic heterocycles. The van der Waals surface area contributed by atoms with Crippen LogP contribution in [0.25, 0.3) is 0 Å². The van der Waals surface area contributed by atoms with Crippen LogP contribution in [0.3, 0.4) is 0 Å². The van der Waals surface area contributed by atoms with Gasteiger partial charge in [-0.15, -0.1) is 0 Å². The predicted octanol–water partition coefficient (Wildman–Crippen LogP) is 2.78. The van der Waals surface area contributed by atoms with Crippen LogP contribution in [0, 0.1) is 6.07 Å². The lowest BCUT2D eigenvalue weighted by atomic mass is 10.2. The third-order valence-corrected chi connectivity index (χ3v) is 3.44. The molecule has 0 aliphatic carbocycles. The summed E-state index contributed by atoms with van der Waals surface area (Å²) in [6.45, 7) is 1.39. The molecule has 1 fully saturated rings. The second-order valence-corrected chi connectivity index (χ2v) is 4.88. The standard InChI is InChI=1S/C17H16NO2/c19-17(14-7-3-1-4-8-14)18-12-11-16(13-18)20-15-9-5-2-6-10-15/h1,3-10,16H,11-13H2/t16-/m0/s1. The topological polar surface area (TPSA) is 29.5 Å². The van der Waals surface area contributed by atoms with E-state index in [1.54, 1.807) is 0 Å². The molecule has 3 nitrogen and oxygen atoms in total. The van der Waals surface area contributed by atoms with E-state index in [1.165, 1.54) is 0 Å². The molecule has 2 aromatic carbocycles. The molecular weight excluding hydrogens is 250 g/mol. The Balaban J connectivity index is 1.61. The molecule has 0 aromatic heterocycles. The summed E-state index contributed by atoms with van der Waals surface area (Å²) in [5.74, 6) is 0.917. The van der Waals surface area contributed by atoms with Gasteiger partial charge in [0.1, 0.15) is 11.9 Å². The molecular formula is C17H16NO2. The first-order valence-corrected chi connectivity index (χ1v) is 6.80. The molecule has 1 radical (unpaired) electrons. The van der Waals surface area contributed by atoms with Gasteiger partial charge in [0.15, 0.2) is 0 Å². The highest BCUT2D eigenvalue weighted by Gasteiger charge is 2.28. The molecule has 0 saturated carbocycles. The van der Waals surface area contributed by atoms with E-state index in [9.17, 15) is 4.79 Å². The van der Waals surface area contributed by atoms with Crippen molar-refractivity contribution in [2.75, 3.05) is 13.1 Å². The van der Waals surface area contributed by atoms with Gasteiger partial charge < -0.3 is 9.64 Å². The summed E-state index contributed by atoms with van der Waals surface area (Å²) in [5.41, 5.74) is 0.738. The van der Waals surface area contributed by atoms with Crippen LogP contribution in [-0.4, -0.2) is 30.0 Å². The molecule has 3 rings (SSSR count). The first kappa shape index (κ1) is 12.7. The van der Waals surface area contributed by atoms with E-state index < -0.39 is 0 Å². The van der Waals surface area contributed by atoms with Crippen LogP contribution in [-0.2, 0) is 0 Å². The summed E-state index contributed by atoms with van der Waals surface area (Å²) >= 11 is 0. The minimum atomic E-state index is 0.0741. The molecule has 3 heteroatoms. The van der Waals surface area contributed by atoms with E-state index in [0.29, 0.717) is 6.54 Å². The molecule has 101 valence electrons. The molecule has 0 N–H and O–H groups in total. The van der Waals surface area contributed by atoms with Gasteiger partial charge in [0.05, 0.1) is 6.54 Å². The van der Waals surface area contributed by atoms with Crippen molar-refractivity contribution in [2.45, 2.75) is 12.5 Å². The summed E-state index contributed by atoms with van der Waals surface area (Å²) in [5, 5.41) is 0. The Morgan fingerprint density at radius 3 is 2.65 bits per heavy atom. The average Bonchev–Trinajstić information content (AvgIpc) is 2.97. The van der Waals surface area contributed by atoms with Crippen LogP contribution in [0.2, 0.25) is 0 Å². The highest BCUT2D eigenvalue weighted by molar-refractivity contribution is 5.94. The van der Waals surface area contributed by atoms with Crippen LogP contribution < -0.4 is 4.74 Å². The normalized spacial score (nSPS) is 18.0. The summed E-state index contributed by atoms with van der Waals surface area (Å²) in [6.07, 6.45) is 0.946. The minimum absolute atomic E-state index is 0.0741. The van der Waals surface area contributed by atoms with Crippen LogP contribution >= 0.6 is 0 Å². The Kier molecular flexibility index (Phi) is 3.68. The van der Waals surface area contributed by atoms with Crippen molar-refractivity contribution in [3.63, 3.8) is 0 Å². The molecule has 1 atom stereocenters. The summed E-state index contributed by atoms with van der Waals surface area (Å²) in [7, 11) is 0. The Morgan fingerprint density at radius 1 is 1.15 bits per heavy atom. The quantitative estimate of drug-likeness (QED) is 0.855. The van der Waals surface area contributed by atoms with Crippen LogP contribution in [0.1, 0.15) is 16.8 Å². The van der Waals surface area contributed by atoms with Crippen LogP contribution in [0.5, 0.6) is 5.75 Å². The molecule has 2 aromatic rings. The number of carbonyl (C=O) groups is 1. The third kappa shape index (κ3) is 2.82. The largest absolute Gasteiger partial charge is 0.489 e. The summed E-state index contributed by atoms with van der Waals surface area (Å²) in [6, 6.07) is 19.8. The van der Waals surface area contributed by atoms with Crippen LogP contribution in [0.15, 0.2) is 54.6 Å². The lowest BCUT2D eigenvalue weighted by Gasteiger charge is -2.17. The smallest absolute Gasteiger partial charge is 0.253 e. The first-order chi connectivity index (χ1) is 9.83. The monoisotopic (exact) mass is 266 g/mol. The first-order valence-electron chi connectivity index (χ1n) is 6.80. The maximum absolute atomic E-state index is 12.3. The summed E-state index contributed by atoms with van der Waals surface area (Å²) in [4.78, 5) is 14.2. The Labute approximate surface area is 118 Å². The number of amides is 1. The fourth-order valence-electron chi connectivity index (χ4n) is 2.41. The van der Waals surface area contributed by atoms with Gasteiger partial charge in [-0.1, -0.05) is 30.3 Å². The third-order valence-electron chi connectivity index (χ3n) is 3.44. The van der Waals surface area contributed by atoms with Crippen molar-refractivity contribution in [3.05, 3.63) is 66.2 Å². The zero-order valence-electron chi connectivity index (χ0n) is 11.2. The number of likely N-dealkylation sites (tertiary alicyclic amines) is 1. The molecule has 20 heavy (non-hydrogen) atoms. The SMILES string of the molecule is O=C(c1ccccc1)N1CC[C@H](Oc2cc[c]cc2)C1. The molecule has 0 bridgehead atoms.